The molecule has 1 amide bonds. The van der Waals surface area contributed by atoms with Crippen molar-refractivity contribution in [1.82, 2.24) is 4.90 Å². The van der Waals surface area contributed by atoms with E-state index >= 15 is 0 Å². The van der Waals surface area contributed by atoms with E-state index in [1.165, 1.54) is 12.8 Å². The molecule has 1 aliphatic heterocycles. The van der Waals surface area contributed by atoms with Gasteiger partial charge >= 0.3 is 0 Å². The van der Waals surface area contributed by atoms with E-state index in [4.69, 9.17) is 4.74 Å². The molecule has 0 bridgehead atoms. The summed E-state index contributed by atoms with van der Waals surface area (Å²) in [5.74, 6) is 0.939. The summed E-state index contributed by atoms with van der Waals surface area (Å²) in [6, 6.07) is 0.355. The van der Waals surface area contributed by atoms with Crippen molar-refractivity contribution in [2.75, 3.05) is 13.2 Å². The fraction of sp³-hybridized carbons (Fsp3) is 0.947. The van der Waals surface area contributed by atoms with Crippen molar-refractivity contribution in [2.45, 2.75) is 95.3 Å². The molecule has 0 aromatic carbocycles. The highest BCUT2D eigenvalue weighted by atomic mass is 16.5. The first kappa shape index (κ1) is 17.2. The summed E-state index contributed by atoms with van der Waals surface area (Å²) < 4.78 is 5.78. The fourth-order valence-electron chi connectivity index (χ4n) is 4.61. The summed E-state index contributed by atoms with van der Waals surface area (Å²) in [4.78, 5) is 15.1. The van der Waals surface area contributed by atoms with Gasteiger partial charge in [0.05, 0.1) is 18.1 Å². The zero-order valence-electron chi connectivity index (χ0n) is 14.6. The Hall–Kier alpha value is -0.610. The predicted octanol–water partition coefficient (Wildman–Crippen LogP) is 3.27. The summed E-state index contributed by atoms with van der Waals surface area (Å²) in [6.07, 6.45) is 11.0. The highest BCUT2D eigenvalue weighted by molar-refractivity contribution is 5.77. The van der Waals surface area contributed by atoms with Crippen LogP contribution in [0.2, 0.25) is 0 Å². The van der Waals surface area contributed by atoms with Crippen LogP contribution in [0.5, 0.6) is 0 Å². The number of hydrogen-bond donors (Lipinski definition) is 1. The molecule has 3 fully saturated rings. The molecule has 4 nitrogen and oxygen atoms in total. The van der Waals surface area contributed by atoms with Crippen LogP contribution in [0.25, 0.3) is 0 Å². The SMILES string of the molecule is CC1CCC(N(C[C@H]2CCCO2)C(=O)CC2(O)CCCC2)CC1. The number of carbonyl (C=O) groups excluding carboxylic acids is 1. The first-order valence-corrected chi connectivity index (χ1v) is 9.69. The van der Waals surface area contributed by atoms with Crippen molar-refractivity contribution in [2.24, 2.45) is 5.92 Å². The second-order valence-corrected chi connectivity index (χ2v) is 8.20. The molecule has 23 heavy (non-hydrogen) atoms. The molecule has 3 rings (SSSR count). The molecule has 1 saturated heterocycles. The Bertz CT molecular complexity index is 391. The van der Waals surface area contributed by atoms with Gasteiger partial charge in [0, 0.05) is 19.2 Å². The van der Waals surface area contributed by atoms with Crippen LogP contribution in [0.4, 0.5) is 0 Å². The molecule has 2 saturated carbocycles. The first-order valence-electron chi connectivity index (χ1n) is 9.69. The van der Waals surface area contributed by atoms with Crippen molar-refractivity contribution < 1.29 is 14.6 Å². The van der Waals surface area contributed by atoms with E-state index in [1.54, 1.807) is 0 Å². The van der Waals surface area contributed by atoms with Crippen LogP contribution in [-0.2, 0) is 9.53 Å². The van der Waals surface area contributed by atoms with Crippen molar-refractivity contribution >= 4 is 5.91 Å². The second-order valence-electron chi connectivity index (χ2n) is 8.20. The predicted molar refractivity (Wildman–Crippen MR) is 90.1 cm³/mol. The van der Waals surface area contributed by atoms with Crippen LogP contribution in [0.15, 0.2) is 0 Å². The van der Waals surface area contributed by atoms with Crippen molar-refractivity contribution in [3.63, 3.8) is 0 Å². The lowest BCUT2D eigenvalue weighted by molar-refractivity contribution is -0.141. The molecule has 4 heteroatoms. The van der Waals surface area contributed by atoms with Gasteiger partial charge < -0.3 is 14.7 Å². The van der Waals surface area contributed by atoms with Gasteiger partial charge in [-0.25, -0.2) is 0 Å². The zero-order chi connectivity index (χ0) is 16.3. The van der Waals surface area contributed by atoms with Gasteiger partial charge in [0.25, 0.3) is 0 Å². The lowest BCUT2D eigenvalue weighted by atomic mass is 9.86. The van der Waals surface area contributed by atoms with Crippen LogP contribution in [0.3, 0.4) is 0 Å². The second kappa shape index (κ2) is 7.52. The van der Waals surface area contributed by atoms with Gasteiger partial charge in [-0.1, -0.05) is 19.8 Å². The molecule has 3 aliphatic rings. The standard InChI is InChI=1S/C19H33NO3/c1-15-6-8-16(9-7-15)20(14-17-5-4-12-23-17)18(21)13-19(22)10-2-3-11-19/h15-17,22H,2-14H2,1H3/t15?,16?,17-/m1/s1. The van der Waals surface area contributed by atoms with Gasteiger partial charge in [-0.15, -0.1) is 0 Å². The van der Waals surface area contributed by atoms with E-state index in [9.17, 15) is 9.90 Å². The smallest absolute Gasteiger partial charge is 0.225 e. The monoisotopic (exact) mass is 323 g/mol. The Balaban J connectivity index is 1.64. The molecule has 0 aromatic heterocycles. The van der Waals surface area contributed by atoms with Crippen LogP contribution in [0.1, 0.15) is 77.6 Å². The summed E-state index contributed by atoms with van der Waals surface area (Å²) in [7, 11) is 0. The lowest BCUT2D eigenvalue weighted by Gasteiger charge is -2.38. The van der Waals surface area contributed by atoms with Gasteiger partial charge in [0.2, 0.25) is 5.91 Å². The third-order valence-electron chi connectivity index (χ3n) is 6.19. The number of ether oxygens (including phenoxy) is 1. The Morgan fingerprint density at radius 3 is 2.43 bits per heavy atom. The quantitative estimate of drug-likeness (QED) is 0.845. The molecular formula is C19H33NO3. The molecule has 2 aliphatic carbocycles. The third kappa shape index (κ3) is 4.48. The van der Waals surface area contributed by atoms with Gasteiger partial charge in [-0.05, 0) is 57.3 Å². The molecule has 0 aromatic rings. The molecule has 0 unspecified atom stereocenters. The molecule has 1 atom stereocenters. The minimum absolute atomic E-state index is 0.157. The summed E-state index contributed by atoms with van der Waals surface area (Å²) in [6.45, 7) is 3.87. The largest absolute Gasteiger partial charge is 0.389 e. The van der Waals surface area contributed by atoms with E-state index in [1.807, 2.05) is 0 Å². The number of hydrogen-bond acceptors (Lipinski definition) is 3. The molecular weight excluding hydrogens is 290 g/mol. The van der Waals surface area contributed by atoms with Gasteiger partial charge in [-0.3, -0.25) is 4.79 Å². The zero-order valence-corrected chi connectivity index (χ0v) is 14.6. The topological polar surface area (TPSA) is 49.8 Å². The van der Waals surface area contributed by atoms with E-state index in [-0.39, 0.29) is 12.0 Å². The van der Waals surface area contributed by atoms with Crippen molar-refractivity contribution in [3.05, 3.63) is 0 Å². The van der Waals surface area contributed by atoms with E-state index in [0.29, 0.717) is 12.5 Å². The van der Waals surface area contributed by atoms with E-state index < -0.39 is 5.60 Å². The molecule has 132 valence electrons. The number of amides is 1. The minimum atomic E-state index is -0.742. The van der Waals surface area contributed by atoms with Crippen molar-refractivity contribution in [3.8, 4) is 0 Å². The molecule has 0 radical (unpaired) electrons. The van der Waals surface area contributed by atoms with Gasteiger partial charge in [0.1, 0.15) is 0 Å². The molecule has 0 spiro atoms. The maximum Gasteiger partial charge on any atom is 0.225 e. The Morgan fingerprint density at radius 2 is 1.83 bits per heavy atom. The molecule has 1 N–H and O–H groups in total. The summed E-state index contributed by atoms with van der Waals surface area (Å²) in [5.41, 5.74) is -0.742. The molecule has 1 heterocycles. The van der Waals surface area contributed by atoms with E-state index in [0.717, 1.165) is 70.4 Å². The fourth-order valence-corrected chi connectivity index (χ4v) is 4.61. The lowest BCUT2D eigenvalue weighted by Crippen LogP contribution is -2.48. The average molecular weight is 323 g/mol. The Labute approximate surface area is 140 Å². The van der Waals surface area contributed by atoms with Crippen LogP contribution in [0, 0.1) is 5.92 Å². The number of carbonyl (C=O) groups is 1. The third-order valence-corrected chi connectivity index (χ3v) is 6.19. The minimum Gasteiger partial charge on any atom is -0.389 e. The highest BCUT2D eigenvalue weighted by Crippen LogP contribution is 2.34. The first-order chi connectivity index (χ1) is 11.1. The van der Waals surface area contributed by atoms with Crippen LogP contribution in [-0.4, -0.2) is 46.8 Å². The summed E-state index contributed by atoms with van der Waals surface area (Å²) in [5, 5.41) is 10.6. The highest BCUT2D eigenvalue weighted by Gasteiger charge is 2.38. The maximum absolute atomic E-state index is 13.0. The Kier molecular flexibility index (Phi) is 5.63. The van der Waals surface area contributed by atoms with Crippen LogP contribution < -0.4 is 0 Å². The summed E-state index contributed by atoms with van der Waals surface area (Å²) >= 11 is 0. The van der Waals surface area contributed by atoms with E-state index in [2.05, 4.69) is 11.8 Å². The number of aliphatic hydroxyl groups is 1. The van der Waals surface area contributed by atoms with Gasteiger partial charge in [-0.2, -0.15) is 0 Å². The van der Waals surface area contributed by atoms with Gasteiger partial charge in [0.15, 0.2) is 0 Å². The van der Waals surface area contributed by atoms with Crippen molar-refractivity contribution in [1.29, 1.82) is 0 Å². The average Bonchev–Trinajstić information content (AvgIpc) is 3.17. The number of rotatable bonds is 5. The maximum atomic E-state index is 13.0. The number of nitrogens with zero attached hydrogens (tertiary/aromatic N) is 1. The normalized spacial score (nSPS) is 33.7. The van der Waals surface area contributed by atoms with Crippen LogP contribution >= 0.6 is 0 Å². The Morgan fingerprint density at radius 1 is 1.13 bits per heavy atom.